The number of carbonyl (C=O) groups is 1. The fourth-order valence-electron chi connectivity index (χ4n) is 5.77. The van der Waals surface area contributed by atoms with Crippen molar-refractivity contribution in [3.8, 4) is 0 Å². The Morgan fingerprint density at radius 1 is 1.09 bits per heavy atom. The van der Waals surface area contributed by atoms with E-state index in [-0.39, 0.29) is 5.91 Å². The molecule has 0 unspecified atom stereocenters. The van der Waals surface area contributed by atoms with Gasteiger partial charge in [-0.05, 0) is 74.1 Å². The number of nitrogens with one attached hydrogen (secondary N) is 1. The van der Waals surface area contributed by atoms with Gasteiger partial charge >= 0.3 is 0 Å². The summed E-state index contributed by atoms with van der Waals surface area (Å²) >= 11 is 0. The third-order valence-corrected chi connectivity index (χ3v) is 6.60. The molecule has 4 fully saturated rings. The Kier molecular flexibility index (Phi) is 3.72. The molecule has 0 heterocycles. The second-order valence-electron chi connectivity index (χ2n) is 8.54. The normalized spacial score (nSPS) is 34.6. The number of rotatable bonds is 4. The number of quaternary nitrogens is 1. The summed E-state index contributed by atoms with van der Waals surface area (Å²) in [5.41, 5.74) is 3.81. The molecular weight excluding hydrogens is 284 g/mol. The number of nitrogens with two attached hydrogens (primary N) is 1. The van der Waals surface area contributed by atoms with E-state index in [4.69, 9.17) is 0 Å². The molecule has 3 N–H and O–H groups in total. The van der Waals surface area contributed by atoms with Crippen molar-refractivity contribution in [3.63, 3.8) is 0 Å². The van der Waals surface area contributed by atoms with Crippen LogP contribution in [-0.2, 0) is 4.79 Å². The van der Waals surface area contributed by atoms with E-state index in [0.717, 1.165) is 23.4 Å². The number of hydrogen-bond acceptors (Lipinski definition) is 1. The number of hydrogen-bond donors (Lipinski definition) is 2. The Bertz CT molecular complexity index is 587. The summed E-state index contributed by atoms with van der Waals surface area (Å²) in [6, 6.07) is 6.15. The molecule has 4 bridgehead atoms. The molecule has 3 nitrogen and oxygen atoms in total. The van der Waals surface area contributed by atoms with Gasteiger partial charge in [0, 0.05) is 24.9 Å². The van der Waals surface area contributed by atoms with Crippen LogP contribution in [-0.4, -0.2) is 18.0 Å². The average Bonchev–Trinajstić information content (AvgIpc) is 2.48. The van der Waals surface area contributed by atoms with Gasteiger partial charge in [-0.2, -0.15) is 0 Å². The molecule has 5 rings (SSSR count). The highest BCUT2D eigenvalue weighted by Crippen LogP contribution is 2.54. The first kappa shape index (κ1) is 15.2. The molecular formula is C20H29N2O+. The van der Waals surface area contributed by atoms with E-state index in [1.807, 2.05) is 6.07 Å². The third kappa shape index (κ3) is 3.03. The molecule has 0 saturated heterocycles. The summed E-state index contributed by atoms with van der Waals surface area (Å²) in [7, 11) is 0. The highest BCUT2D eigenvalue weighted by Gasteiger charge is 2.53. The topological polar surface area (TPSA) is 45.7 Å². The van der Waals surface area contributed by atoms with E-state index in [1.165, 1.54) is 49.7 Å². The summed E-state index contributed by atoms with van der Waals surface area (Å²) in [6.45, 7) is 4.76. The zero-order chi connectivity index (χ0) is 16.0. The molecule has 23 heavy (non-hydrogen) atoms. The standard InChI is InChI=1S/C20H28N2O/c1-13-3-4-18(5-14(13)2)22-19(23)12-21-20-9-15-6-16(10-20)8-17(7-15)11-20/h3-5,15-17,21H,6-12H2,1-2H3,(H,22,23)/p+1. The van der Waals surface area contributed by atoms with Crippen molar-refractivity contribution >= 4 is 11.6 Å². The number of anilines is 1. The molecule has 0 spiro atoms. The van der Waals surface area contributed by atoms with Crippen LogP contribution in [0.15, 0.2) is 18.2 Å². The van der Waals surface area contributed by atoms with Gasteiger partial charge in [-0.3, -0.25) is 4.79 Å². The highest BCUT2D eigenvalue weighted by molar-refractivity contribution is 5.91. The molecule has 1 amide bonds. The summed E-state index contributed by atoms with van der Waals surface area (Å²) in [5, 5.41) is 5.46. The van der Waals surface area contributed by atoms with Crippen LogP contribution < -0.4 is 10.6 Å². The maximum atomic E-state index is 12.4. The van der Waals surface area contributed by atoms with Crippen LogP contribution in [0.2, 0.25) is 0 Å². The summed E-state index contributed by atoms with van der Waals surface area (Å²) in [6.07, 6.45) is 8.41. The van der Waals surface area contributed by atoms with E-state index < -0.39 is 0 Å². The minimum absolute atomic E-state index is 0.143. The van der Waals surface area contributed by atoms with Crippen LogP contribution >= 0.6 is 0 Å². The number of aryl methyl sites for hydroxylation is 2. The largest absolute Gasteiger partial charge is 0.334 e. The first-order valence-corrected chi connectivity index (χ1v) is 9.23. The Balaban J connectivity index is 1.35. The van der Waals surface area contributed by atoms with Gasteiger partial charge in [0.15, 0.2) is 6.54 Å². The summed E-state index contributed by atoms with van der Waals surface area (Å²) < 4.78 is 0. The Labute approximate surface area is 139 Å². The lowest BCUT2D eigenvalue weighted by Gasteiger charge is -2.54. The Hall–Kier alpha value is -1.35. The first-order chi connectivity index (χ1) is 11.0. The minimum Gasteiger partial charge on any atom is -0.334 e. The van der Waals surface area contributed by atoms with Gasteiger partial charge < -0.3 is 10.6 Å². The predicted molar refractivity (Wildman–Crippen MR) is 92.2 cm³/mol. The van der Waals surface area contributed by atoms with E-state index in [0.29, 0.717) is 12.1 Å². The maximum absolute atomic E-state index is 12.4. The number of benzene rings is 1. The smallest absolute Gasteiger partial charge is 0.279 e. The van der Waals surface area contributed by atoms with Gasteiger partial charge in [-0.1, -0.05) is 6.07 Å². The molecule has 4 aliphatic carbocycles. The second-order valence-corrected chi connectivity index (χ2v) is 8.54. The molecule has 0 aliphatic heterocycles. The van der Waals surface area contributed by atoms with Gasteiger partial charge in [-0.25, -0.2) is 0 Å². The summed E-state index contributed by atoms with van der Waals surface area (Å²) in [4.78, 5) is 12.4. The monoisotopic (exact) mass is 313 g/mol. The fourth-order valence-corrected chi connectivity index (χ4v) is 5.77. The SMILES string of the molecule is Cc1ccc(NC(=O)C[NH2+]C23CC4CC(CC(C4)C2)C3)cc1C. The van der Waals surface area contributed by atoms with Crippen molar-refractivity contribution in [2.45, 2.75) is 57.9 Å². The van der Waals surface area contributed by atoms with Crippen molar-refractivity contribution in [1.82, 2.24) is 0 Å². The average molecular weight is 313 g/mol. The second kappa shape index (κ2) is 5.62. The van der Waals surface area contributed by atoms with E-state index in [9.17, 15) is 4.79 Å². The number of carbonyl (C=O) groups excluding carboxylic acids is 1. The molecule has 1 aromatic rings. The third-order valence-electron chi connectivity index (χ3n) is 6.60. The van der Waals surface area contributed by atoms with Gasteiger partial charge in [0.2, 0.25) is 0 Å². The molecule has 1 aromatic carbocycles. The molecule has 4 aliphatic rings. The number of amides is 1. The highest BCUT2D eigenvalue weighted by atomic mass is 16.1. The van der Waals surface area contributed by atoms with Crippen LogP contribution in [0, 0.1) is 31.6 Å². The maximum Gasteiger partial charge on any atom is 0.279 e. The zero-order valence-corrected chi connectivity index (χ0v) is 14.4. The van der Waals surface area contributed by atoms with E-state index in [2.05, 4.69) is 36.6 Å². The van der Waals surface area contributed by atoms with Crippen LogP contribution in [0.5, 0.6) is 0 Å². The van der Waals surface area contributed by atoms with Gasteiger partial charge in [-0.15, -0.1) is 0 Å². The Morgan fingerprint density at radius 2 is 1.70 bits per heavy atom. The summed E-state index contributed by atoms with van der Waals surface area (Å²) in [5.74, 6) is 2.98. The molecule has 0 aromatic heterocycles. The molecule has 0 atom stereocenters. The molecule has 4 saturated carbocycles. The predicted octanol–water partition coefficient (Wildman–Crippen LogP) is 2.77. The van der Waals surface area contributed by atoms with Crippen LogP contribution in [0.1, 0.15) is 49.7 Å². The van der Waals surface area contributed by atoms with Gasteiger partial charge in [0.25, 0.3) is 5.91 Å². The molecule has 0 radical (unpaired) electrons. The molecule has 3 heteroatoms. The van der Waals surface area contributed by atoms with E-state index >= 15 is 0 Å². The van der Waals surface area contributed by atoms with Crippen LogP contribution in [0.4, 0.5) is 5.69 Å². The Morgan fingerprint density at radius 3 is 2.26 bits per heavy atom. The first-order valence-electron chi connectivity index (χ1n) is 9.23. The van der Waals surface area contributed by atoms with Crippen LogP contribution in [0.3, 0.4) is 0 Å². The lowest BCUT2D eigenvalue weighted by Crippen LogP contribution is -3.00. The lowest BCUT2D eigenvalue weighted by molar-refractivity contribution is -0.729. The van der Waals surface area contributed by atoms with Gasteiger partial charge in [0.05, 0.1) is 5.54 Å². The molecule has 124 valence electrons. The van der Waals surface area contributed by atoms with Crippen molar-refractivity contribution in [3.05, 3.63) is 29.3 Å². The van der Waals surface area contributed by atoms with Crippen molar-refractivity contribution in [2.75, 3.05) is 11.9 Å². The lowest BCUT2D eigenvalue weighted by atomic mass is 9.53. The van der Waals surface area contributed by atoms with Crippen molar-refractivity contribution < 1.29 is 10.1 Å². The van der Waals surface area contributed by atoms with Crippen LogP contribution in [0.25, 0.3) is 0 Å². The fraction of sp³-hybridized carbons (Fsp3) is 0.650. The van der Waals surface area contributed by atoms with Crippen molar-refractivity contribution in [2.24, 2.45) is 17.8 Å². The van der Waals surface area contributed by atoms with E-state index in [1.54, 1.807) is 0 Å². The minimum atomic E-state index is 0.143. The quantitative estimate of drug-likeness (QED) is 0.882. The van der Waals surface area contributed by atoms with Crippen molar-refractivity contribution in [1.29, 1.82) is 0 Å². The van der Waals surface area contributed by atoms with Gasteiger partial charge in [0.1, 0.15) is 0 Å². The zero-order valence-electron chi connectivity index (χ0n) is 14.4.